The van der Waals surface area contributed by atoms with Crippen LogP contribution in [0.25, 0.3) is 11.0 Å². The molecule has 2 aromatic rings. The molecule has 112 valence electrons. The second kappa shape index (κ2) is 6.98. The van der Waals surface area contributed by atoms with Crippen LogP contribution in [0.5, 0.6) is 0 Å². The van der Waals surface area contributed by atoms with Crippen LogP contribution < -0.4 is 16.4 Å². The average Bonchev–Trinajstić information content (AvgIpc) is 2.83. The number of H-pyrrole nitrogens is 1. The van der Waals surface area contributed by atoms with E-state index in [1.165, 1.54) is 18.7 Å². The highest BCUT2D eigenvalue weighted by molar-refractivity contribution is 7.99. The molecule has 0 bridgehead atoms. The maximum absolute atomic E-state index is 11.6. The number of fused-ring (bicyclic) bond motifs is 1. The van der Waals surface area contributed by atoms with Crippen molar-refractivity contribution < 1.29 is 9.59 Å². The molecule has 1 aromatic carbocycles. The minimum absolute atomic E-state index is 0.106. The Hall–Kier alpha value is -2.22. The first-order valence-corrected chi connectivity index (χ1v) is 7.42. The van der Waals surface area contributed by atoms with Gasteiger partial charge in [-0.3, -0.25) is 9.59 Å². The summed E-state index contributed by atoms with van der Waals surface area (Å²) in [7, 11) is 0. The van der Waals surface area contributed by atoms with Crippen molar-refractivity contribution in [3.63, 3.8) is 0 Å². The summed E-state index contributed by atoms with van der Waals surface area (Å²) in [6.07, 6.45) is 0. The van der Waals surface area contributed by atoms with E-state index in [-0.39, 0.29) is 17.6 Å². The van der Waals surface area contributed by atoms with E-state index in [9.17, 15) is 9.59 Å². The first kappa shape index (κ1) is 15.2. The summed E-state index contributed by atoms with van der Waals surface area (Å²) in [5, 5.41) is 6.00. The highest BCUT2D eigenvalue weighted by atomic mass is 32.2. The Morgan fingerprint density at radius 1 is 1.33 bits per heavy atom. The Morgan fingerprint density at radius 2 is 2.10 bits per heavy atom. The number of nitrogens with zero attached hydrogens (tertiary/aromatic N) is 1. The van der Waals surface area contributed by atoms with Gasteiger partial charge in [0.1, 0.15) is 0 Å². The molecule has 2 amide bonds. The van der Waals surface area contributed by atoms with Gasteiger partial charge in [0.25, 0.3) is 0 Å². The monoisotopic (exact) mass is 307 g/mol. The molecule has 8 heteroatoms. The van der Waals surface area contributed by atoms with Gasteiger partial charge in [-0.15, -0.1) is 0 Å². The van der Waals surface area contributed by atoms with Gasteiger partial charge in [-0.1, -0.05) is 11.8 Å². The lowest BCUT2D eigenvalue weighted by molar-refractivity contribution is -0.120. The average molecular weight is 307 g/mol. The number of rotatable bonds is 6. The van der Waals surface area contributed by atoms with Crippen molar-refractivity contribution in [2.45, 2.75) is 12.1 Å². The maximum atomic E-state index is 11.6. The SMILES string of the molecule is CC(=O)NCCNC(=O)CSc1nc2ccc(N)cc2[nH]1. The van der Waals surface area contributed by atoms with Crippen molar-refractivity contribution in [1.82, 2.24) is 20.6 Å². The number of benzene rings is 1. The molecule has 7 nitrogen and oxygen atoms in total. The molecule has 0 saturated heterocycles. The van der Waals surface area contributed by atoms with E-state index in [1.54, 1.807) is 12.1 Å². The number of amides is 2. The Kier molecular flexibility index (Phi) is 5.04. The van der Waals surface area contributed by atoms with Crippen molar-refractivity contribution in [3.8, 4) is 0 Å². The zero-order chi connectivity index (χ0) is 15.2. The van der Waals surface area contributed by atoms with Crippen LogP contribution in [-0.2, 0) is 9.59 Å². The summed E-state index contributed by atoms with van der Waals surface area (Å²) < 4.78 is 0. The zero-order valence-electron chi connectivity index (χ0n) is 11.6. The molecular weight excluding hydrogens is 290 g/mol. The topological polar surface area (TPSA) is 113 Å². The van der Waals surface area contributed by atoms with Gasteiger partial charge in [0.15, 0.2) is 5.16 Å². The Balaban J connectivity index is 1.78. The Bertz CT molecular complexity index is 655. The molecule has 2 rings (SSSR count). The molecule has 0 aliphatic rings. The minimum atomic E-state index is -0.111. The summed E-state index contributed by atoms with van der Waals surface area (Å²) in [5.41, 5.74) is 8.03. The van der Waals surface area contributed by atoms with Crippen LogP contribution in [0, 0.1) is 0 Å². The molecule has 0 aliphatic carbocycles. The highest BCUT2D eigenvalue weighted by Gasteiger charge is 2.07. The molecule has 0 radical (unpaired) electrons. The van der Waals surface area contributed by atoms with Crippen LogP contribution >= 0.6 is 11.8 Å². The van der Waals surface area contributed by atoms with Crippen molar-refractivity contribution in [1.29, 1.82) is 0 Å². The third-order valence-electron chi connectivity index (χ3n) is 2.65. The first-order chi connectivity index (χ1) is 10.0. The molecular formula is C13H17N5O2S. The van der Waals surface area contributed by atoms with Crippen LogP contribution in [0.4, 0.5) is 5.69 Å². The number of hydrogen-bond donors (Lipinski definition) is 4. The third kappa shape index (κ3) is 4.67. The number of carbonyl (C=O) groups is 2. The van der Waals surface area contributed by atoms with Gasteiger partial charge in [0, 0.05) is 25.7 Å². The number of carbonyl (C=O) groups excluding carboxylic acids is 2. The number of aromatic nitrogens is 2. The normalized spacial score (nSPS) is 10.5. The number of thioether (sulfide) groups is 1. The zero-order valence-corrected chi connectivity index (χ0v) is 12.4. The number of aromatic amines is 1. The van der Waals surface area contributed by atoms with Gasteiger partial charge < -0.3 is 21.4 Å². The fourth-order valence-electron chi connectivity index (χ4n) is 1.70. The lowest BCUT2D eigenvalue weighted by Crippen LogP contribution is -2.34. The quantitative estimate of drug-likeness (QED) is 0.352. The summed E-state index contributed by atoms with van der Waals surface area (Å²) in [4.78, 5) is 29.8. The Labute approximate surface area is 126 Å². The van der Waals surface area contributed by atoms with Crippen LogP contribution in [-0.4, -0.2) is 40.6 Å². The van der Waals surface area contributed by atoms with E-state index in [0.29, 0.717) is 23.9 Å². The van der Waals surface area contributed by atoms with Gasteiger partial charge in [-0.05, 0) is 18.2 Å². The summed E-state index contributed by atoms with van der Waals surface area (Å²) >= 11 is 1.32. The van der Waals surface area contributed by atoms with Gasteiger partial charge in [-0.25, -0.2) is 4.98 Å². The van der Waals surface area contributed by atoms with E-state index in [4.69, 9.17) is 5.73 Å². The molecule has 0 unspecified atom stereocenters. The van der Waals surface area contributed by atoms with E-state index in [1.807, 2.05) is 6.07 Å². The molecule has 1 heterocycles. The third-order valence-corrected chi connectivity index (χ3v) is 3.52. The minimum Gasteiger partial charge on any atom is -0.399 e. The van der Waals surface area contributed by atoms with Crippen LogP contribution in [0.2, 0.25) is 0 Å². The van der Waals surface area contributed by atoms with Crippen LogP contribution in [0.15, 0.2) is 23.4 Å². The predicted octanol–water partition coefficient (Wildman–Crippen LogP) is 0.490. The highest BCUT2D eigenvalue weighted by Crippen LogP contribution is 2.20. The van der Waals surface area contributed by atoms with Crippen LogP contribution in [0.1, 0.15) is 6.92 Å². The Morgan fingerprint density at radius 3 is 2.86 bits per heavy atom. The molecule has 0 atom stereocenters. The van der Waals surface area contributed by atoms with Crippen LogP contribution in [0.3, 0.4) is 0 Å². The molecule has 0 spiro atoms. The van der Waals surface area contributed by atoms with Gasteiger partial charge in [-0.2, -0.15) is 0 Å². The predicted molar refractivity (Wildman–Crippen MR) is 82.9 cm³/mol. The second-order valence-electron chi connectivity index (χ2n) is 4.44. The first-order valence-electron chi connectivity index (χ1n) is 6.44. The van der Waals surface area contributed by atoms with Crippen molar-refractivity contribution >= 4 is 40.3 Å². The lowest BCUT2D eigenvalue weighted by atomic mass is 10.3. The number of nitrogens with one attached hydrogen (secondary N) is 3. The number of nitrogen functional groups attached to an aromatic ring is 1. The number of nitrogens with two attached hydrogens (primary N) is 1. The van der Waals surface area contributed by atoms with Crippen molar-refractivity contribution in [3.05, 3.63) is 18.2 Å². The summed E-state index contributed by atoms with van der Waals surface area (Å²) in [6.45, 7) is 2.28. The number of hydrogen-bond acceptors (Lipinski definition) is 5. The molecule has 21 heavy (non-hydrogen) atoms. The molecule has 0 saturated carbocycles. The van der Waals surface area contributed by atoms with E-state index >= 15 is 0 Å². The van der Waals surface area contributed by atoms with Gasteiger partial charge >= 0.3 is 0 Å². The van der Waals surface area contributed by atoms with E-state index in [0.717, 1.165) is 11.0 Å². The smallest absolute Gasteiger partial charge is 0.230 e. The molecule has 1 aromatic heterocycles. The second-order valence-corrected chi connectivity index (χ2v) is 5.40. The maximum Gasteiger partial charge on any atom is 0.230 e. The molecule has 0 fully saturated rings. The summed E-state index contributed by atoms with van der Waals surface area (Å²) in [5.74, 6) is 0.0422. The molecule has 0 aliphatic heterocycles. The number of anilines is 1. The number of imidazole rings is 1. The van der Waals surface area contributed by atoms with E-state index < -0.39 is 0 Å². The molecule has 5 N–H and O–H groups in total. The van der Waals surface area contributed by atoms with Gasteiger partial charge in [0.05, 0.1) is 16.8 Å². The van der Waals surface area contributed by atoms with E-state index in [2.05, 4.69) is 20.6 Å². The fraction of sp³-hybridized carbons (Fsp3) is 0.308. The standard InChI is InChI=1S/C13H17N5O2S/c1-8(19)15-4-5-16-12(20)7-21-13-17-10-3-2-9(14)6-11(10)18-13/h2-3,6H,4-5,7,14H2,1H3,(H,15,19)(H,16,20)(H,17,18). The fourth-order valence-corrected chi connectivity index (χ4v) is 2.41. The lowest BCUT2D eigenvalue weighted by Gasteiger charge is -2.04. The largest absolute Gasteiger partial charge is 0.399 e. The van der Waals surface area contributed by atoms with Crippen molar-refractivity contribution in [2.24, 2.45) is 0 Å². The summed E-state index contributed by atoms with van der Waals surface area (Å²) in [6, 6.07) is 5.42. The van der Waals surface area contributed by atoms with Gasteiger partial charge in [0.2, 0.25) is 11.8 Å². The van der Waals surface area contributed by atoms with Crippen molar-refractivity contribution in [2.75, 3.05) is 24.6 Å².